The zero-order chi connectivity index (χ0) is 13.2. The fraction of sp³-hybridized carbons (Fsp3) is 0.333. The number of hydrogen-bond acceptors (Lipinski definition) is 2. The number of aromatic nitrogens is 1. The molecule has 2 rings (SSSR count). The Morgan fingerprint density at radius 2 is 2.06 bits per heavy atom. The highest BCUT2D eigenvalue weighted by atomic mass is 19.4. The van der Waals surface area contributed by atoms with Gasteiger partial charge < -0.3 is 15.4 Å². The first-order valence-corrected chi connectivity index (χ1v) is 5.48. The lowest BCUT2D eigenvalue weighted by Crippen LogP contribution is -2.38. The van der Waals surface area contributed by atoms with Gasteiger partial charge in [-0.25, -0.2) is 0 Å². The molecule has 0 bridgehead atoms. The van der Waals surface area contributed by atoms with Crippen LogP contribution in [-0.4, -0.2) is 28.9 Å². The number of halogens is 3. The molecular weight excluding hydrogens is 245 g/mol. The maximum absolute atomic E-state index is 12.0. The molecule has 98 valence electrons. The number of H-pyrrole nitrogens is 1. The summed E-state index contributed by atoms with van der Waals surface area (Å²) in [6.07, 6.45) is -5.10. The Balaban J connectivity index is 1.90. The van der Waals surface area contributed by atoms with Crippen LogP contribution in [0.5, 0.6) is 0 Å². The molecule has 1 aromatic carbocycles. The van der Waals surface area contributed by atoms with Crippen molar-refractivity contribution in [1.82, 2.24) is 10.3 Å². The molecule has 1 aromatic heterocycles. The van der Waals surface area contributed by atoms with Gasteiger partial charge in [0, 0.05) is 24.8 Å². The fourth-order valence-electron chi connectivity index (χ4n) is 1.68. The van der Waals surface area contributed by atoms with Crippen molar-refractivity contribution in [2.75, 3.05) is 6.54 Å². The van der Waals surface area contributed by atoms with Crippen LogP contribution in [0.3, 0.4) is 0 Å². The third-order valence-corrected chi connectivity index (χ3v) is 2.66. The Bertz CT molecular complexity index is 521. The van der Waals surface area contributed by atoms with E-state index < -0.39 is 18.8 Å². The summed E-state index contributed by atoms with van der Waals surface area (Å²) >= 11 is 0. The van der Waals surface area contributed by atoms with Gasteiger partial charge in [-0.3, -0.25) is 0 Å². The predicted molar refractivity (Wildman–Crippen MR) is 62.1 cm³/mol. The highest BCUT2D eigenvalue weighted by Crippen LogP contribution is 2.19. The Morgan fingerprint density at radius 3 is 2.78 bits per heavy atom. The minimum atomic E-state index is -4.57. The first-order chi connectivity index (χ1) is 8.47. The first-order valence-electron chi connectivity index (χ1n) is 5.48. The second-order valence-corrected chi connectivity index (χ2v) is 4.09. The highest BCUT2D eigenvalue weighted by molar-refractivity contribution is 5.79. The van der Waals surface area contributed by atoms with Gasteiger partial charge in [0.2, 0.25) is 0 Å². The molecule has 1 unspecified atom stereocenters. The SMILES string of the molecule is OC(CNCc1ccc2[nH]ccc2c1)C(F)(F)F. The van der Waals surface area contributed by atoms with Gasteiger partial charge in [-0.2, -0.15) is 13.2 Å². The van der Waals surface area contributed by atoms with E-state index in [1.54, 1.807) is 6.20 Å². The molecule has 0 aliphatic heterocycles. The molecule has 1 heterocycles. The summed E-state index contributed by atoms with van der Waals surface area (Å²) in [6, 6.07) is 7.47. The Hall–Kier alpha value is -1.53. The molecular formula is C12H13F3N2O. The number of alkyl halides is 3. The molecule has 0 saturated heterocycles. The highest BCUT2D eigenvalue weighted by Gasteiger charge is 2.37. The summed E-state index contributed by atoms with van der Waals surface area (Å²) in [7, 11) is 0. The number of aliphatic hydroxyl groups excluding tert-OH is 1. The third kappa shape index (κ3) is 3.02. The summed E-state index contributed by atoms with van der Waals surface area (Å²) in [4.78, 5) is 3.03. The molecule has 1 atom stereocenters. The molecule has 0 radical (unpaired) electrons. The molecule has 0 saturated carbocycles. The van der Waals surface area contributed by atoms with Gasteiger partial charge in [0.1, 0.15) is 0 Å². The molecule has 0 fully saturated rings. The molecule has 18 heavy (non-hydrogen) atoms. The Morgan fingerprint density at radius 1 is 1.28 bits per heavy atom. The van der Waals surface area contributed by atoms with Gasteiger partial charge >= 0.3 is 6.18 Å². The standard InChI is InChI=1S/C12H13F3N2O/c13-12(14,15)11(18)7-16-6-8-1-2-10-9(5-8)3-4-17-10/h1-5,11,16-18H,6-7H2. The van der Waals surface area contributed by atoms with E-state index in [4.69, 9.17) is 5.11 Å². The normalized spacial score (nSPS) is 14.0. The number of rotatable bonds is 4. The Labute approximate surface area is 102 Å². The van der Waals surface area contributed by atoms with Gasteiger partial charge in [-0.1, -0.05) is 6.07 Å². The maximum atomic E-state index is 12.0. The molecule has 0 aliphatic rings. The van der Waals surface area contributed by atoms with E-state index in [1.165, 1.54) is 0 Å². The first kappa shape index (κ1) is 12.9. The van der Waals surface area contributed by atoms with Gasteiger partial charge in [0.15, 0.2) is 6.10 Å². The van der Waals surface area contributed by atoms with Crippen molar-refractivity contribution in [2.24, 2.45) is 0 Å². The molecule has 3 nitrogen and oxygen atoms in total. The van der Waals surface area contributed by atoms with Gasteiger partial charge in [-0.05, 0) is 29.1 Å². The summed E-state index contributed by atoms with van der Waals surface area (Å²) < 4.78 is 36.1. The Kier molecular flexibility index (Phi) is 3.58. The summed E-state index contributed by atoms with van der Waals surface area (Å²) in [5.41, 5.74) is 1.85. The summed E-state index contributed by atoms with van der Waals surface area (Å²) in [5.74, 6) is 0. The molecule has 6 heteroatoms. The van der Waals surface area contributed by atoms with Crippen LogP contribution in [-0.2, 0) is 6.54 Å². The van der Waals surface area contributed by atoms with Crippen LogP contribution in [0.25, 0.3) is 10.9 Å². The largest absolute Gasteiger partial charge is 0.415 e. The van der Waals surface area contributed by atoms with Crippen molar-refractivity contribution in [3.63, 3.8) is 0 Å². The molecule has 0 aliphatic carbocycles. The lowest BCUT2D eigenvalue weighted by molar-refractivity contribution is -0.201. The number of benzene rings is 1. The quantitative estimate of drug-likeness (QED) is 0.787. The van der Waals surface area contributed by atoms with E-state index in [0.717, 1.165) is 16.5 Å². The van der Waals surface area contributed by atoms with Crippen LogP contribution < -0.4 is 5.32 Å². The van der Waals surface area contributed by atoms with Crippen LogP contribution in [0, 0.1) is 0 Å². The van der Waals surface area contributed by atoms with Crippen LogP contribution in [0.4, 0.5) is 13.2 Å². The lowest BCUT2D eigenvalue weighted by atomic mass is 10.1. The van der Waals surface area contributed by atoms with Gasteiger partial charge in [0.25, 0.3) is 0 Å². The topological polar surface area (TPSA) is 48.0 Å². The third-order valence-electron chi connectivity index (χ3n) is 2.66. The predicted octanol–water partition coefficient (Wildman–Crippen LogP) is 2.18. The number of hydrogen-bond donors (Lipinski definition) is 3. The van der Waals surface area contributed by atoms with E-state index in [-0.39, 0.29) is 6.54 Å². The molecule has 3 N–H and O–H groups in total. The smallest absolute Gasteiger partial charge is 0.382 e. The summed E-state index contributed by atoms with van der Waals surface area (Å²) in [6.45, 7) is -0.219. The number of nitrogens with one attached hydrogen (secondary N) is 2. The van der Waals surface area contributed by atoms with Crippen LogP contribution >= 0.6 is 0 Å². The molecule has 2 aromatic rings. The van der Waals surface area contributed by atoms with Crippen molar-refractivity contribution < 1.29 is 18.3 Å². The fourth-order valence-corrected chi connectivity index (χ4v) is 1.68. The van der Waals surface area contributed by atoms with E-state index in [0.29, 0.717) is 0 Å². The van der Waals surface area contributed by atoms with Crippen molar-refractivity contribution >= 4 is 10.9 Å². The average Bonchev–Trinajstić information content (AvgIpc) is 2.74. The lowest BCUT2D eigenvalue weighted by Gasteiger charge is -2.15. The minimum Gasteiger partial charge on any atom is -0.382 e. The zero-order valence-corrected chi connectivity index (χ0v) is 9.46. The van der Waals surface area contributed by atoms with Crippen LogP contribution in [0.1, 0.15) is 5.56 Å². The second kappa shape index (κ2) is 4.99. The summed E-state index contributed by atoms with van der Waals surface area (Å²) in [5, 5.41) is 12.4. The van der Waals surface area contributed by atoms with Crippen molar-refractivity contribution in [3.05, 3.63) is 36.0 Å². The number of aromatic amines is 1. The van der Waals surface area contributed by atoms with Crippen molar-refractivity contribution in [2.45, 2.75) is 18.8 Å². The van der Waals surface area contributed by atoms with Gasteiger partial charge in [-0.15, -0.1) is 0 Å². The molecule has 0 amide bonds. The number of aliphatic hydroxyl groups is 1. The van der Waals surface area contributed by atoms with Gasteiger partial charge in [0.05, 0.1) is 0 Å². The average molecular weight is 258 g/mol. The number of fused-ring (bicyclic) bond motifs is 1. The van der Waals surface area contributed by atoms with Crippen molar-refractivity contribution in [1.29, 1.82) is 0 Å². The minimum absolute atomic E-state index is 0.286. The van der Waals surface area contributed by atoms with Crippen LogP contribution in [0.15, 0.2) is 30.5 Å². The van der Waals surface area contributed by atoms with Crippen molar-refractivity contribution in [3.8, 4) is 0 Å². The monoisotopic (exact) mass is 258 g/mol. The second-order valence-electron chi connectivity index (χ2n) is 4.09. The molecule has 0 spiro atoms. The van der Waals surface area contributed by atoms with E-state index in [1.807, 2.05) is 24.3 Å². The maximum Gasteiger partial charge on any atom is 0.415 e. The van der Waals surface area contributed by atoms with E-state index in [2.05, 4.69) is 10.3 Å². The van der Waals surface area contributed by atoms with Crippen LogP contribution in [0.2, 0.25) is 0 Å². The zero-order valence-electron chi connectivity index (χ0n) is 9.46. The van der Waals surface area contributed by atoms with E-state index >= 15 is 0 Å². The van der Waals surface area contributed by atoms with E-state index in [9.17, 15) is 13.2 Å².